The molecule has 0 aliphatic heterocycles. The van der Waals surface area contributed by atoms with E-state index >= 15 is 0 Å². The molecule has 0 fully saturated rings. The van der Waals surface area contributed by atoms with Crippen LogP contribution in [0.25, 0.3) is 0 Å². The SMILES string of the molecule is CC(CCc1ccco1)NS(=O)(=O)c1ccc(Br)s1. The van der Waals surface area contributed by atoms with Gasteiger partial charge in [-0.15, -0.1) is 11.3 Å². The van der Waals surface area contributed by atoms with Crippen LogP contribution in [-0.2, 0) is 16.4 Å². The third-order valence-corrected chi connectivity index (χ3v) is 6.28. The molecule has 0 spiro atoms. The highest BCUT2D eigenvalue weighted by molar-refractivity contribution is 9.11. The van der Waals surface area contributed by atoms with Crippen molar-refractivity contribution in [1.82, 2.24) is 4.72 Å². The average molecular weight is 364 g/mol. The molecule has 0 bridgehead atoms. The molecule has 19 heavy (non-hydrogen) atoms. The van der Waals surface area contributed by atoms with Gasteiger partial charge in [0.1, 0.15) is 9.97 Å². The monoisotopic (exact) mass is 363 g/mol. The Bertz CT molecular complexity index is 619. The smallest absolute Gasteiger partial charge is 0.250 e. The fraction of sp³-hybridized carbons (Fsp3) is 0.333. The minimum Gasteiger partial charge on any atom is -0.469 e. The van der Waals surface area contributed by atoms with Gasteiger partial charge < -0.3 is 4.42 Å². The first-order chi connectivity index (χ1) is 8.97. The van der Waals surface area contributed by atoms with Gasteiger partial charge in [0.05, 0.1) is 10.0 Å². The molecule has 2 heterocycles. The van der Waals surface area contributed by atoms with Crippen LogP contribution in [0, 0.1) is 0 Å². The molecule has 0 saturated heterocycles. The van der Waals surface area contributed by atoms with E-state index < -0.39 is 10.0 Å². The molecule has 0 aliphatic carbocycles. The van der Waals surface area contributed by atoms with Crippen LogP contribution in [0.1, 0.15) is 19.1 Å². The predicted octanol–water partition coefficient (Wildman–Crippen LogP) is 3.40. The largest absolute Gasteiger partial charge is 0.469 e. The lowest BCUT2D eigenvalue weighted by Gasteiger charge is -2.12. The minimum absolute atomic E-state index is 0.143. The maximum atomic E-state index is 12.1. The van der Waals surface area contributed by atoms with E-state index in [4.69, 9.17) is 4.42 Å². The van der Waals surface area contributed by atoms with Crippen LogP contribution in [-0.4, -0.2) is 14.5 Å². The Labute approximate surface area is 125 Å². The highest BCUT2D eigenvalue weighted by Crippen LogP contribution is 2.26. The summed E-state index contributed by atoms with van der Waals surface area (Å²) in [5, 5.41) is 0. The van der Waals surface area contributed by atoms with Crippen molar-refractivity contribution in [3.05, 3.63) is 40.1 Å². The van der Waals surface area contributed by atoms with E-state index in [2.05, 4.69) is 20.7 Å². The first-order valence-electron chi connectivity index (χ1n) is 5.77. The fourth-order valence-corrected chi connectivity index (χ4v) is 4.94. The second kappa shape index (κ2) is 6.21. The van der Waals surface area contributed by atoms with Gasteiger partial charge in [0.2, 0.25) is 10.0 Å². The van der Waals surface area contributed by atoms with Gasteiger partial charge >= 0.3 is 0 Å². The lowest BCUT2D eigenvalue weighted by Crippen LogP contribution is -2.32. The zero-order valence-electron chi connectivity index (χ0n) is 10.3. The molecule has 4 nitrogen and oxygen atoms in total. The highest BCUT2D eigenvalue weighted by Gasteiger charge is 2.19. The van der Waals surface area contributed by atoms with Crippen molar-refractivity contribution in [3.8, 4) is 0 Å². The van der Waals surface area contributed by atoms with Gasteiger partial charge in [0, 0.05) is 12.5 Å². The number of thiophene rings is 1. The zero-order chi connectivity index (χ0) is 13.9. The van der Waals surface area contributed by atoms with E-state index in [0.29, 0.717) is 17.1 Å². The summed E-state index contributed by atoms with van der Waals surface area (Å²) in [7, 11) is -3.42. The number of sulfonamides is 1. The van der Waals surface area contributed by atoms with E-state index in [1.807, 2.05) is 19.1 Å². The molecule has 2 rings (SSSR count). The molecule has 2 aromatic rings. The fourth-order valence-electron chi connectivity index (χ4n) is 1.64. The summed E-state index contributed by atoms with van der Waals surface area (Å²) in [6.45, 7) is 1.85. The molecule has 0 amide bonds. The molecule has 0 aliphatic rings. The highest BCUT2D eigenvalue weighted by atomic mass is 79.9. The second-order valence-electron chi connectivity index (χ2n) is 4.20. The van der Waals surface area contributed by atoms with Gasteiger partial charge in [-0.2, -0.15) is 0 Å². The summed E-state index contributed by atoms with van der Waals surface area (Å²) in [4.78, 5) is 0. The third kappa shape index (κ3) is 4.17. The van der Waals surface area contributed by atoms with Crippen LogP contribution in [0.5, 0.6) is 0 Å². The first kappa shape index (κ1) is 14.8. The molecule has 0 saturated carbocycles. The maximum absolute atomic E-state index is 12.1. The maximum Gasteiger partial charge on any atom is 0.250 e. The van der Waals surface area contributed by atoms with Crippen molar-refractivity contribution in [1.29, 1.82) is 0 Å². The van der Waals surface area contributed by atoms with E-state index in [1.165, 1.54) is 11.3 Å². The quantitative estimate of drug-likeness (QED) is 0.855. The molecule has 0 aromatic carbocycles. The number of aryl methyl sites for hydroxylation is 1. The van der Waals surface area contributed by atoms with Crippen LogP contribution < -0.4 is 4.72 Å². The van der Waals surface area contributed by atoms with Crippen molar-refractivity contribution in [2.75, 3.05) is 0 Å². The van der Waals surface area contributed by atoms with Gasteiger partial charge in [-0.1, -0.05) is 0 Å². The molecule has 1 unspecified atom stereocenters. The molecule has 104 valence electrons. The minimum atomic E-state index is -3.42. The Morgan fingerprint density at radius 2 is 2.21 bits per heavy atom. The number of rotatable bonds is 6. The third-order valence-electron chi connectivity index (χ3n) is 2.57. The van der Waals surface area contributed by atoms with E-state index in [-0.39, 0.29) is 6.04 Å². The Kier molecular flexibility index (Phi) is 4.83. The van der Waals surface area contributed by atoms with E-state index in [0.717, 1.165) is 9.55 Å². The van der Waals surface area contributed by atoms with Crippen molar-refractivity contribution in [2.45, 2.75) is 30.0 Å². The Balaban J connectivity index is 1.92. The summed E-state index contributed by atoms with van der Waals surface area (Å²) in [6, 6.07) is 6.89. The van der Waals surface area contributed by atoms with Crippen LogP contribution in [0.15, 0.2) is 42.9 Å². The molecule has 7 heteroatoms. The molecular weight excluding hydrogens is 350 g/mol. The lowest BCUT2D eigenvalue weighted by molar-refractivity contribution is 0.480. The number of nitrogens with one attached hydrogen (secondary N) is 1. The van der Waals surface area contributed by atoms with Crippen LogP contribution >= 0.6 is 27.3 Å². The number of hydrogen-bond acceptors (Lipinski definition) is 4. The van der Waals surface area contributed by atoms with Crippen molar-refractivity contribution >= 4 is 37.3 Å². The summed E-state index contributed by atoms with van der Waals surface area (Å²) in [5.74, 6) is 0.866. The average Bonchev–Trinajstić information content (AvgIpc) is 2.96. The first-order valence-corrected chi connectivity index (χ1v) is 8.87. The van der Waals surface area contributed by atoms with Crippen molar-refractivity contribution < 1.29 is 12.8 Å². The van der Waals surface area contributed by atoms with Gasteiger partial charge in [-0.05, 0) is 53.5 Å². The van der Waals surface area contributed by atoms with Gasteiger partial charge in [-0.3, -0.25) is 0 Å². The molecule has 2 aromatic heterocycles. The molecule has 1 atom stereocenters. The van der Waals surface area contributed by atoms with Crippen LogP contribution in [0.4, 0.5) is 0 Å². The summed E-state index contributed by atoms with van der Waals surface area (Å²) in [5.41, 5.74) is 0. The molecule has 0 radical (unpaired) electrons. The van der Waals surface area contributed by atoms with Gasteiger partial charge in [-0.25, -0.2) is 13.1 Å². The standard InChI is InChI=1S/C12H14BrNO3S2/c1-9(4-5-10-3-2-8-17-10)14-19(15,16)12-7-6-11(13)18-12/h2-3,6-9,14H,4-5H2,1H3. The van der Waals surface area contributed by atoms with E-state index in [1.54, 1.807) is 18.4 Å². The number of furan rings is 1. The molecular formula is C12H14BrNO3S2. The van der Waals surface area contributed by atoms with Crippen LogP contribution in [0.2, 0.25) is 0 Å². The summed E-state index contributed by atoms with van der Waals surface area (Å²) in [6.07, 6.45) is 3.03. The second-order valence-corrected chi connectivity index (χ2v) is 8.60. The van der Waals surface area contributed by atoms with E-state index in [9.17, 15) is 8.42 Å². The predicted molar refractivity (Wildman–Crippen MR) is 78.8 cm³/mol. The number of hydrogen-bond donors (Lipinski definition) is 1. The normalized spacial score (nSPS) is 13.6. The Morgan fingerprint density at radius 1 is 1.42 bits per heavy atom. The van der Waals surface area contributed by atoms with Gasteiger partial charge in [0.25, 0.3) is 0 Å². The number of halogens is 1. The summed E-state index contributed by atoms with van der Waals surface area (Å²) >= 11 is 4.46. The van der Waals surface area contributed by atoms with Gasteiger partial charge in [0.15, 0.2) is 0 Å². The van der Waals surface area contributed by atoms with Crippen molar-refractivity contribution in [2.24, 2.45) is 0 Å². The van der Waals surface area contributed by atoms with Crippen LogP contribution in [0.3, 0.4) is 0 Å². The topological polar surface area (TPSA) is 59.3 Å². The Morgan fingerprint density at radius 3 is 2.79 bits per heavy atom. The zero-order valence-corrected chi connectivity index (χ0v) is 13.5. The summed E-state index contributed by atoms with van der Waals surface area (Å²) < 4.78 is 33.2. The Hall–Kier alpha value is -0.630. The lowest BCUT2D eigenvalue weighted by atomic mass is 10.2. The van der Waals surface area contributed by atoms with Crippen molar-refractivity contribution in [3.63, 3.8) is 0 Å². The molecule has 1 N–H and O–H groups in total.